The van der Waals surface area contributed by atoms with Crippen LogP contribution in [-0.4, -0.2) is 40.1 Å². The molecule has 0 fully saturated rings. The van der Waals surface area contributed by atoms with Crippen molar-refractivity contribution in [2.45, 2.75) is 12.2 Å². The van der Waals surface area contributed by atoms with Gasteiger partial charge in [-0.3, -0.25) is 0 Å². The van der Waals surface area contributed by atoms with Gasteiger partial charge in [-0.05, 0) is 12.1 Å². The van der Waals surface area contributed by atoms with E-state index >= 15 is 0 Å². The Morgan fingerprint density at radius 2 is 2.00 bits per heavy atom. The van der Waals surface area contributed by atoms with Crippen molar-refractivity contribution in [1.82, 2.24) is 0 Å². The van der Waals surface area contributed by atoms with Crippen LogP contribution in [0.4, 0.5) is 5.69 Å². The van der Waals surface area contributed by atoms with Crippen molar-refractivity contribution in [2.75, 3.05) is 6.61 Å². The zero-order chi connectivity index (χ0) is 12.7. The molecule has 0 saturated heterocycles. The molecule has 0 radical (unpaired) electrons. The highest BCUT2D eigenvalue weighted by atomic mass is 16.7. The van der Waals surface area contributed by atoms with Crippen molar-refractivity contribution in [3.05, 3.63) is 30.3 Å². The third-order valence-electron chi connectivity index (χ3n) is 1.85. The zero-order valence-corrected chi connectivity index (χ0v) is 8.80. The summed E-state index contributed by atoms with van der Waals surface area (Å²) in [5.41, 5.74) is 0.482. The third kappa shape index (κ3) is 4.17. The highest BCUT2D eigenvalue weighted by Crippen LogP contribution is 2.11. The van der Waals surface area contributed by atoms with Gasteiger partial charge in [-0.15, -0.1) is 5.11 Å². The largest absolute Gasteiger partial charge is 0.478 e. The topological polar surface area (TPSA) is 112 Å². The number of hydrogen-bond acceptors (Lipinski definition) is 6. The standard InChI is InChI=1S/C10H12N2O5/c13-6-8(14)9(10(15)16)17-12-11-7-4-2-1-3-5-7/h1-5,8-9,13-14H,6H2,(H,15,16)/b12-11+. The lowest BCUT2D eigenvalue weighted by atomic mass is 10.2. The van der Waals surface area contributed by atoms with E-state index in [2.05, 4.69) is 15.2 Å². The number of aliphatic hydroxyl groups is 2. The van der Waals surface area contributed by atoms with E-state index in [-0.39, 0.29) is 0 Å². The van der Waals surface area contributed by atoms with E-state index in [1.165, 1.54) is 0 Å². The number of aliphatic carboxylic acids is 1. The fourth-order valence-electron chi connectivity index (χ4n) is 0.992. The molecule has 0 spiro atoms. The van der Waals surface area contributed by atoms with Gasteiger partial charge in [0.2, 0.25) is 0 Å². The predicted octanol–water partition coefficient (Wildman–Crippen LogP) is 0.508. The van der Waals surface area contributed by atoms with Gasteiger partial charge >= 0.3 is 5.97 Å². The molecule has 7 heteroatoms. The number of benzene rings is 1. The SMILES string of the molecule is O=C(O)C(O/N=N/c1ccccc1)C(O)CO. The fourth-order valence-corrected chi connectivity index (χ4v) is 0.992. The second-order valence-electron chi connectivity index (χ2n) is 3.13. The van der Waals surface area contributed by atoms with Crippen LogP contribution < -0.4 is 0 Å². The molecule has 0 aliphatic carbocycles. The maximum atomic E-state index is 10.6. The minimum Gasteiger partial charge on any atom is -0.478 e. The number of carboxylic acids is 1. The van der Waals surface area contributed by atoms with Crippen molar-refractivity contribution < 1.29 is 25.0 Å². The molecule has 1 aromatic carbocycles. The van der Waals surface area contributed by atoms with Crippen molar-refractivity contribution in [3.8, 4) is 0 Å². The Morgan fingerprint density at radius 1 is 1.35 bits per heavy atom. The Morgan fingerprint density at radius 3 is 2.53 bits per heavy atom. The van der Waals surface area contributed by atoms with Crippen LogP contribution in [0.1, 0.15) is 0 Å². The molecular formula is C10H12N2O5. The second-order valence-corrected chi connectivity index (χ2v) is 3.13. The summed E-state index contributed by atoms with van der Waals surface area (Å²) < 4.78 is 0. The number of rotatable bonds is 6. The average Bonchev–Trinajstić information content (AvgIpc) is 2.34. The summed E-state index contributed by atoms with van der Waals surface area (Å²) in [6.45, 7) is -0.738. The number of aliphatic hydroxyl groups excluding tert-OH is 2. The lowest BCUT2D eigenvalue weighted by Gasteiger charge is -2.13. The monoisotopic (exact) mass is 240 g/mol. The van der Waals surface area contributed by atoms with Gasteiger partial charge in [-0.25, -0.2) is 4.79 Å². The highest BCUT2D eigenvalue weighted by Gasteiger charge is 2.28. The summed E-state index contributed by atoms with van der Waals surface area (Å²) in [4.78, 5) is 15.2. The first kappa shape index (κ1) is 13.1. The van der Waals surface area contributed by atoms with Gasteiger partial charge in [-0.1, -0.05) is 18.2 Å². The minimum absolute atomic E-state index is 0.482. The first-order chi connectivity index (χ1) is 8.15. The van der Waals surface area contributed by atoms with Crippen LogP contribution in [0.5, 0.6) is 0 Å². The molecule has 0 aliphatic rings. The van der Waals surface area contributed by atoms with Gasteiger partial charge < -0.3 is 20.2 Å². The quantitative estimate of drug-likeness (QED) is 0.495. The zero-order valence-electron chi connectivity index (χ0n) is 8.80. The normalized spacial score (nSPS) is 14.5. The molecule has 0 bridgehead atoms. The Kier molecular flexibility index (Phi) is 5.05. The predicted molar refractivity (Wildman–Crippen MR) is 56.6 cm³/mol. The van der Waals surface area contributed by atoms with Crippen molar-refractivity contribution in [1.29, 1.82) is 0 Å². The summed E-state index contributed by atoms with van der Waals surface area (Å²) in [5, 5.41) is 33.2. The van der Waals surface area contributed by atoms with Crippen LogP contribution >= 0.6 is 0 Å². The number of carbonyl (C=O) groups is 1. The summed E-state index contributed by atoms with van der Waals surface area (Å²) in [5.74, 6) is -1.43. The summed E-state index contributed by atoms with van der Waals surface area (Å²) in [6, 6.07) is 8.53. The maximum absolute atomic E-state index is 10.6. The molecule has 3 N–H and O–H groups in total. The Hall–Kier alpha value is -1.99. The molecule has 0 saturated carbocycles. The lowest BCUT2D eigenvalue weighted by Crippen LogP contribution is -2.37. The van der Waals surface area contributed by atoms with Crippen LogP contribution in [0.15, 0.2) is 40.7 Å². The molecule has 0 heterocycles. The van der Waals surface area contributed by atoms with Gasteiger partial charge in [0.05, 0.1) is 12.3 Å². The average molecular weight is 240 g/mol. The Balaban J connectivity index is 2.58. The van der Waals surface area contributed by atoms with Crippen LogP contribution in [0.2, 0.25) is 0 Å². The van der Waals surface area contributed by atoms with E-state index < -0.39 is 24.8 Å². The molecule has 0 amide bonds. The molecule has 7 nitrogen and oxygen atoms in total. The second kappa shape index (κ2) is 6.56. The maximum Gasteiger partial charge on any atom is 0.350 e. The van der Waals surface area contributed by atoms with Gasteiger partial charge in [0.1, 0.15) is 6.10 Å². The molecule has 1 rings (SSSR count). The van der Waals surface area contributed by atoms with Crippen LogP contribution in [0, 0.1) is 0 Å². The van der Waals surface area contributed by atoms with Crippen molar-refractivity contribution in [2.24, 2.45) is 10.4 Å². The molecule has 2 atom stereocenters. The van der Waals surface area contributed by atoms with Gasteiger partial charge in [0.25, 0.3) is 6.10 Å². The molecule has 2 unspecified atom stereocenters. The van der Waals surface area contributed by atoms with Crippen molar-refractivity contribution in [3.63, 3.8) is 0 Å². The van der Waals surface area contributed by atoms with E-state index in [0.29, 0.717) is 5.69 Å². The van der Waals surface area contributed by atoms with Crippen molar-refractivity contribution >= 4 is 11.7 Å². The highest BCUT2D eigenvalue weighted by molar-refractivity contribution is 5.73. The van der Waals surface area contributed by atoms with E-state index in [1.54, 1.807) is 30.3 Å². The van der Waals surface area contributed by atoms with Crippen LogP contribution in [-0.2, 0) is 9.63 Å². The molecule has 92 valence electrons. The van der Waals surface area contributed by atoms with E-state index in [9.17, 15) is 4.79 Å². The first-order valence-corrected chi connectivity index (χ1v) is 4.78. The van der Waals surface area contributed by atoms with E-state index in [1.807, 2.05) is 0 Å². The summed E-state index contributed by atoms with van der Waals surface area (Å²) in [6.07, 6.45) is -3.20. The minimum atomic E-state index is -1.65. The Labute approximate surface area is 96.9 Å². The number of carboxylic acid groups (broad SMARTS) is 1. The van der Waals surface area contributed by atoms with Gasteiger partial charge in [-0.2, -0.15) is 0 Å². The molecule has 0 aromatic heterocycles. The smallest absolute Gasteiger partial charge is 0.350 e. The third-order valence-corrected chi connectivity index (χ3v) is 1.85. The van der Waals surface area contributed by atoms with Gasteiger partial charge in [0.15, 0.2) is 0 Å². The van der Waals surface area contributed by atoms with E-state index in [0.717, 1.165) is 0 Å². The Bertz CT molecular complexity index is 382. The number of nitrogens with zero attached hydrogens (tertiary/aromatic N) is 2. The van der Waals surface area contributed by atoms with Crippen LogP contribution in [0.3, 0.4) is 0 Å². The summed E-state index contributed by atoms with van der Waals surface area (Å²) in [7, 11) is 0. The summed E-state index contributed by atoms with van der Waals surface area (Å²) >= 11 is 0. The molecular weight excluding hydrogens is 228 g/mol. The molecule has 0 aliphatic heterocycles. The van der Waals surface area contributed by atoms with Gasteiger partial charge in [0, 0.05) is 5.28 Å². The first-order valence-electron chi connectivity index (χ1n) is 4.78. The molecule has 1 aromatic rings. The number of hydrogen-bond donors (Lipinski definition) is 3. The van der Waals surface area contributed by atoms with E-state index in [4.69, 9.17) is 15.3 Å². The fraction of sp³-hybridized carbons (Fsp3) is 0.300. The molecule has 17 heavy (non-hydrogen) atoms. The van der Waals surface area contributed by atoms with Crippen LogP contribution in [0.25, 0.3) is 0 Å². The lowest BCUT2D eigenvalue weighted by molar-refractivity contribution is -0.161.